The van der Waals surface area contributed by atoms with Crippen molar-refractivity contribution >= 4 is 23.2 Å². The van der Waals surface area contributed by atoms with E-state index in [2.05, 4.69) is 0 Å². The fraction of sp³-hybridized carbons (Fsp3) is 0.800. The van der Waals surface area contributed by atoms with Gasteiger partial charge in [-0.3, -0.25) is 9.59 Å². The van der Waals surface area contributed by atoms with Crippen LogP contribution in [0.3, 0.4) is 0 Å². The molecule has 0 aromatic carbocycles. The van der Waals surface area contributed by atoms with Gasteiger partial charge in [-0.05, 0) is 19.8 Å². The quantitative estimate of drug-likeness (QED) is 0.520. The molecule has 0 spiro atoms. The third-order valence-electron chi connectivity index (χ3n) is 2.61. The number of halogens is 1. The van der Waals surface area contributed by atoms with E-state index in [4.69, 9.17) is 11.6 Å². The van der Waals surface area contributed by atoms with Gasteiger partial charge in [0.05, 0.1) is 0 Å². The van der Waals surface area contributed by atoms with Crippen molar-refractivity contribution in [3.63, 3.8) is 0 Å². The minimum Gasteiger partial charge on any atom is -0.298 e. The molecule has 1 fully saturated rings. The van der Waals surface area contributed by atoms with Crippen molar-refractivity contribution in [1.82, 2.24) is 0 Å². The third-order valence-corrected chi connectivity index (χ3v) is 3.14. The summed E-state index contributed by atoms with van der Waals surface area (Å²) in [6, 6.07) is 0. The average Bonchev–Trinajstić information content (AvgIpc) is 2.17. The topological polar surface area (TPSA) is 34.1 Å². The van der Waals surface area contributed by atoms with Crippen molar-refractivity contribution in [2.75, 3.05) is 0 Å². The molecule has 1 unspecified atom stereocenters. The number of Topliss-reactive ketones (excluding diaryl/α,β-unsaturated/α-hetero) is 2. The van der Waals surface area contributed by atoms with Crippen molar-refractivity contribution in [1.29, 1.82) is 0 Å². The fourth-order valence-electron chi connectivity index (χ4n) is 1.79. The summed E-state index contributed by atoms with van der Waals surface area (Å²) >= 11 is 5.70. The Morgan fingerprint density at radius 2 is 1.77 bits per heavy atom. The first-order chi connectivity index (χ1) is 6.13. The fourth-order valence-corrected chi connectivity index (χ4v) is 1.97. The Hall–Kier alpha value is -0.370. The molecule has 1 atom stereocenters. The standard InChI is InChI=1S/C10H15ClO2/c1-7(12)9(11)10(13)8-5-3-2-4-6-8/h8-9H,2-6H2,1H3. The van der Waals surface area contributed by atoms with Gasteiger partial charge >= 0.3 is 0 Å². The van der Waals surface area contributed by atoms with Crippen molar-refractivity contribution in [2.24, 2.45) is 5.92 Å². The van der Waals surface area contributed by atoms with E-state index in [9.17, 15) is 9.59 Å². The molecule has 1 aliphatic carbocycles. The molecule has 0 aromatic heterocycles. The van der Waals surface area contributed by atoms with E-state index in [1.807, 2.05) is 0 Å². The lowest BCUT2D eigenvalue weighted by atomic mass is 9.84. The van der Waals surface area contributed by atoms with Gasteiger partial charge in [-0.2, -0.15) is 0 Å². The predicted octanol–water partition coefficient (Wildman–Crippen LogP) is 2.33. The van der Waals surface area contributed by atoms with E-state index >= 15 is 0 Å². The second-order valence-corrected chi connectivity index (χ2v) is 4.15. The van der Waals surface area contributed by atoms with Crippen LogP contribution < -0.4 is 0 Å². The smallest absolute Gasteiger partial charge is 0.161 e. The normalized spacial score (nSPS) is 21.1. The Balaban J connectivity index is 2.50. The van der Waals surface area contributed by atoms with Gasteiger partial charge in [0.15, 0.2) is 16.9 Å². The molecule has 13 heavy (non-hydrogen) atoms. The van der Waals surface area contributed by atoms with Gasteiger partial charge in [-0.1, -0.05) is 19.3 Å². The number of hydrogen-bond donors (Lipinski definition) is 0. The summed E-state index contributed by atoms with van der Waals surface area (Å²) < 4.78 is 0. The lowest BCUT2D eigenvalue weighted by Crippen LogP contribution is -2.30. The highest BCUT2D eigenvalue weighted by Crippen LogP contribution is 2.26. The van der Waals surface area contributed by atoms with E-state index in [1.54, 1.807) is 0 Å². The summed E-state index contributed by atoms with van der Waals surface area (Å²) in [4.78, 5) is 22.5. The highest BCUT2D eigenvalue weighted by Gasteiger charge is 2.29. The molecule has 0 amide bonds. The molecule has 3 heteroatoms. The van der Waals surface area contributed by atoms with E-state index in [0.717, 1.165) is 25.7 Å². The molecule has 2 nitrogen and oxygen atoms in total. The summed E-state index contributed by atoms with van der Waals surface area (Å²) in [6.45, 7) is 1.37. The number of carbonyl (C=O) groups excluding carboxylic acids is 2. The molecule has 0 aliphatic heterocycles. The van der Waals surface area contributed by atoms with Gasteiger partial charge in [0.2, 0.25) is 0 Å². The second-order valence-electron chi connectivity index (χ2n) is 3.71. The second kappa shape index (κ2) is 4.75. The summed E-state index contributed by atoms with van der Waals surface area (Å²) in [6.07, 6.45) is 5.22. The number of ketones is 2. The van der Waals surface area contributed by atoms with Crippen LogP contribution in [0.25, 0.3) is 0 Å². The van der Waals surface area contributed by atoms with Crippen LogP contribution in [0.4, 0.5) is 0 Å². The number of carbonyl (C=O) groups is 2. The van der Waals surface area contributed by atoms with Crippen molar-refractivity contribution in [2.45, 2.75) is 44.4 Å². The summed E-state index contributed by atoms with van der Waals surface area (Å²) in [5, 5.41) is -0.900. The first-order valence-electron chi connectivity index (χ1n) is 4.81. The molecular weight excluding hydrogens is 188 g/mol. The summed E-state index contributed by atoms with van der Waals surface area (Å²) in [5.74, 6) is -0.244. The number of alkyl halides is 1. The minimum atomic E-state index is -0.900. The van der Waals surface area contributed by atoms with E-state index < -0.39 is 5.38 Å². The largest absolute Gasteiger partial charge is 0.298 e. The van der Waals surface area contributed by atoms with Crippen molar-refractivity contribution in [3.8, 4) is 0 Å². The van der Waals surface area contributed by atoms with Crippen LogP contribution in [-0.2, 0) is 9.59 Å². The van der Waals surface area contributed by atoms with Gasteiger partial charge < -0.3 is 0 Å². The lowest BCUT2D eigenvalue weighted by molar-refractivity contribution is -0.128. The first-order valence-corrected chi connectivity index (χ1v) is 5.25. The number of rotatable bonds is 3. The Morgan fingerprint density at radius 3 is 2.23 bits per heavy atom. The van der Waals surface area contributed by atoms with E-state index in [0.29, 0.717) is 0 Å². The Kier molecular flexibility index (Phi) is 3.91. The molecule has 74 valence electrons. The molecule has 1 saturated carbocycles. The molecule has 1 rings (SSSR count). The molecule has 0 aromatic rings. The van der Waals surface area contributed by atoms with Crippen LogP contribution >= 0.6 is 11.6 Å². The minimum absolute atomic E-state index is 0.0418. The van der Waals surface area contributed by atoms with E-state index in [1.165, 1.54) is 13.3 Å². The van der Waals surface area contributed by atoms with Crippen LogP contribution in [0.2, 0.25) is 0 Å². The van der Waals surface area contributed by atoms with Crippen LogP contribution in [0.15, 0.2) is 0 Å². The maximum atomic E-state index is 11.6. The molecule has 1 aliphatic rings. The predicted molar refractivity (Wildman–Crippen MR) is 51.9 cm³/mol. The summed E-state index contributed by atoms with van der Waals surface area (Å²) in [5.41, 5.74) is 0. The van der Waals surface area contributed by atoms with Gasteiger partial charge in [0.1, 0.15) is 0 Å². The average molecular weight is 203 g/mol. The van der Waals surface area contributed by atoms with Gasteiger partial charge in [-0.15, -0.1) is 11.6 Å². The van der Waals surface area contributed by atoms with Gasteiger partial charge in [0.25, 0.3) is 0 Å². The molecule has 0 N–H and O–H groups in total. The van der Waals surface area contributed by atoms with E-state index in [-0.39, 0.29) is 17.5 Å². The monoisotopic (exact) mass is 202 g/mol. The maximum Gasteiger partial charge on any atom is 0.161 e. The molecular formula is C10H15ClO2. The molecule has 0 radical (unpaired) electrons. The SMILES string of the molecule is CC(=O)C(Cl)C(=O)C1CCCCC1. The lowest BCUT2D eigenvalue weighted by Gasteiger charge is -2.21. The van der Waals surface area contributed by atoms with Crippen LogP contribution in [-0.4, -0.2) is 16.9 Å². The Labute approximate surface area is 83.6 Å². The van der Waals surface area contributed by atoms with Crippen LogP contribution in [0.5, 0.6) is 0 Å². The zero-order valence-corrected chi connectivity index (χ0v) is 8.64. The zero-order valence-electron chi connectivity index (χ0n) is 7.88. The highest BCUT2D eigenvalue weighted by molar-refractivity contribution is 6.42. The molecule has 0 saturated heterocycles. The first kappa shape index (κ1) is 10.7. The molecule has 0 bridgehead atoms. The van der Waals surface area contributed by atoms with Gasteiger partial charge in [-0.25, -0.2) is 0 Å². The van der Waals surface area contributed by atoms with Crippen molar-refractivity contribution < 1.29 is 9.59 Å². The maximum absolute atomic E-state index is 11.6. The zero-order chi connectivity index (χ0) is 9.84. The highest BCUT2D eigenvalue weighted by atomic mass is 35.5. The van der Waals surface area contributed by atoms with Crippen LogP contribution in [0.1, 0.15) is 39.0 Å². The Bertz CT molecular complexity index is 207. The van der Waals surface area contributed by atoms with Crippen LogP contribution in [0, 0.1) is 5.92 Å². The summed E-state index contributed by atoms with van der Waals surface area (Å²) in [7, 11) is 0. The van der Waals surface area contributed by atoms with Gasteiger partial charge in [0, 0.05) is 5.92 Å². The molecule has 0 heterocycles. The van der Waals surface area contributed by atoms with Crippen molar-refractivity contribution in [3.05, 3.63) is 0 Å². The third kappa shape index (κ3) is 2.80. The number of hydrogen-bond acceptors (Lipinski definition) is 2. The Morgan fingerprint density at radius 1 is 1.23 bits per heavy atom.